The number of rotatable bonds is 2. The van der Waals surface area contributed by atoms with E-state index < -0.39 is 5.79 Å². The van der Waals surface area contributed by atoms with Crippen LogP contribution in [0.1, 0.15) is 12.5 Å². The molecule has 0 unspecified atom stereocenters. The van der Waals surface area contributed by atoms with E-state index in [4.69, 9.17) is 14.6 Å². The van der Waals surface area contributed by atoms with Gasteiger partial charge in [-0.15, -0.1) is 0 Å². The van der Waals surface area contributed by atoms with Crippen molar-refractivity contribution in [2.75, 3.05) is 13.2 Å². The van der Waals surface area contributed by atoms with Crippen molar-refractivity contribution in [1.29, 1.82) is 0 Å². The summed E-state index contributed by atoms with van der Waals surface area (Å²) in [4.78, 5) is 0. The van der Waals surface area contributed by atoms with Gasteiger partial charge in [0.1, 0.15) is 6.10 Å². The van der Waals surface area contributed by atoms with Gasteiger partial charge in [0.2, 0.25) is 0 Å². The van der Waals surface area contributed by atoms with Crippen molar-refractivity contribution in [2.45, 2.75) is 18.8 Å². The molecular formula is C11H13BrO3. The highest BCUT2D eigenvalue weighted by Gasteiger charge is 2.38. The molecule has 1 fully saturated rings. The fourth-order valence-corrected chi connectivity index (χ4v) is 1.90. The lowest BCUT2D eigenvalue weighted by molar-refractivity contribution is -0.165. The molecular weight excluding hydrogens is 260 g/mol. The Morgan fingerprint density at radius 3 is 2.67 bits per heavy atom. The van der Waals surface area contributed by atoms with Gasteiger partial charge in [0.15, 0.2) is 5.79 Å². The molecule has 0 spiro atoms. The van der Waals surface area contributed by atoms with Gasteiger partial charge in [0, 0.05) is 10.0 Å². The van der Waals surface area contributed by atoms with Crippen molar-refractivity contribution in [3.63, 3.8) is 0 Å². The first-order valence-corrected chi connectivity index (χ1v) is 5.62. The van der Waals surface area contributed by atoms with Gasteiger partial charge in [-0.1, -0.05) is 28.1 Å². The van der Waals surface area contributed by atoms with Crippen LogP contribution in [0.25, 0.3) is 0 Å². The maximum atomic E-state index is 8.98. The third-order valence-electron chi connectivity index (χ3n) is 2.51. The maximum Gasteiger partial charge on any atom is 0.192 e. The lowest BCUT2D eigenvalue weighted by atomic mass is 10.1. The second kappa shape index (κ2) is 4.22. The van der Waals surface area contributed by atoms with Gasteiger partial charge in [-0.3, -0.25) is 0 Å². The Kier molecular flexibility index (Phi) is 3.11. The number of aliphatic hydroxyl groups is 1. The number of benzene rings is 1. The van der Waals surface area contributed by atoms with E-state index in [1.807, 2.05) is 31.2 Å². The molecule has 0 radical (unpaired) electrons. The molecule has 1 aromatic rings. The quantitative estimate of drug-likeness (QED) is 0.896. The molecule has 0 amide bonds. The fourth-order valence-electron chi connectivity index (χ4n) is 1.63. The zero-order valence-corrected chi connectivity index (χ0v) is 10.0. The van der Waals surface area contributed by atoms with Crippen molar-refractivity contribution in [3.05, 3.63) is 34.3 Å². The monoisotopic (exact) mass is 272 g/mol. The molecule has 1 saturated heterocycles. The van der Waals surface area contributed by atoms with Gasteiger partial charge in [-0.2, -0.15) is 0 Å². The van der Waals surface area contributed by atoms with Gasteiger partial charge in [-0.05, 0) is 19.1 Å². The van der Waals surface area contributed by atoms with Crippen LogP contribution in [0.5, 0.6) is 0 Å². The van der Waals surface area contributed by atoms with Gasteiger partial charge in [0.05, 0.1) is 13.2 Å². The largest absolute Gasteiger partial charge is 0.394 e. The summed E-state index contributed by atoms with van der Waals surface area (Å²) in [5.74, 6) is -0.728. The van der Waals surface area contributed by atoms with E-state index >= 15 is 0 Å². The zero-order chi connectivity index (χ0) is 10.9. The Morgan fingerprint density at radius 1 is 1.47 bits per heavy atom. The molecule has 15 heavy (non-hydrogen) atoms. The van der Waals surface area contributed by atoms with Crippen molar-refractivity contribution in [2.24, 2.45) is 0 Å². The molecule has 4 heteroatoms. The Hall–Kier alpha value is -0.420. The van der Waals surface area contributed by atoms with Crippen LogP contribution in [0.4, 0.5) is 0 Å². The highest BCUT2D eigenvalue weighted by atomic mass is 79.9. The zero-order valence-electron chi connectivity index (χ0n) is 8.44. The molecule has 1 aromatic carbocycles. The standard InChI is InChI=1S/C11H13BrO3/c1-11(14-7-10(6-13)15-11)8-2-4-9(12)5-3-8/h2-5,10,13H,6-7H2,1H3/t10-,11-/m1/s1. The summed E-state index contributed by atoms with van der Waals surface area (Å²) in [6.07, 6.45) is -0.223. The molecule has 1 aliphatic rings. The molecule has 2 rings (SSSR count). The first kappa shape index (κ1) is 11.1. The van der Waals surface area contributed by atoms with Crippen molar-refractivity contribution >= 4 is 15.9 Å². The number of aliphatic hydroxyl groups excluding tert-OH is 1. The Morgan fingerprint density at radius 2 is 2.13 bits per heavy atom. The average molecular weight is 273 g/mol. The molecule has 82 valence electrons. The number of hydrogen-bond acceptors (Lipinski definition) is 3. The Labute approximate surface area is 97.1 Å². The second-order valence-electron chi connectivity index (χ2n) is 3.69. The minimum absolute atomic E-state index is 0.00782. The van der Waals surface area contributed by atoms with Crippen LogP contribution in [-0.2, 0) is 15.3 Å². The predicted octanol–water partition coefficient (Wildman–Crippen LogP) is 2.03. The molecule has 1 aliphatic heterocycles. The van der Waals surface area contributed by atoms with E-state index in [9.17, 15) is 0 Å². The molecule has 2 atom stereocenters. The van der Waals surface area contributed by atoms with E-state index in [0.29, 0.717) is 6.61 Å². The molecule has 0 bridgehead atoms. The first-order chi connectivity index (χ1) is 7.14. The number of ether oxygens (including phenoxy) is 2. The third kappa shape index (κ3) is 2.23. The van der Waals surface area contributed by atoms with Crippen LogP contribution in [0, 0.1) is 0 Å². The average Bonchev–Trinajstić information content (AvgIpc) is 2.62. The minimum atomic E-state index is -0.728. The summed E-state index contributed by atoms with van der Waals surface area (Å²) >= 11 is 3.38. The first-order valence-electron chi connectivity index (χ1n) is 4.83. The lowest BCUT2D eigenvalue weighted by Gasteiger charge is -2.23. The number of halogens is 1. The van der Waals surface area contributed by atoms with E-state index in [-0.39, 0.29) is 12.7 Å². The van der Waals surface area contributed by atoms with E-state index in [1.54, 1.807) is 0 Å². The molecule has 0 aromatic heterocycles. The van der Waals surface area contributed by atoms with E-state index in [1.165, 1.54) is 0 Å². The lowest BCUT2D eigenvalue weighted by Crippen LogP contribution is -2.24. The van der Waals surface area contributed by atoms with Gasteiger partial charge in [0.25, 0.3) is 0 Å². The van der Waals surface area contributed by atoms with E-state index in [0.717, 1.165) is 10.0 Å². The normalized spacial score (nSPS) is 30.7. The van der Waals surface area contributed by atoms with Crippen LogP contribution in [0.3, 0.4) is 0 Å². The molecule has 0 saturated carbocycles. The van der Waals surface area contributed by atoms with Gasteiger partial charge >= 0.3 is 0 Å². The summed E-state index contributed by atoms with van der Waals surface area (Å²) in [5, 5.41) is 8.98. The van der Waals surface area contributed by atoms with Crippen LogP contribution in [0.15, 0.2) is 28.7 Å². The van der Waals surface area contributed by atoms with Crippen LogP contribution < -0.4 is 0 Å². The van der Waals surface area contributed by atoms with E-state index in [2.05, 4.69) is 15.9 Å². The number of hydrogen-bond donors (Lipinski definition) is 1. The van der Waals surface area contributed by atoms with Gasteiger partial charge in [-0.25, -0.2) is 0 Å². The summed E-state index contributed by atoms with van der Waals surface area (Å²) in [6, 6.07) is 7.78. The summed E-state index contributed by atoms with van der Waals surface area (Å²) in [5.41, 5.74) is 0.960. The highest BCUT2D eigenvalue weighted by Crippen LogP contribution is 2.34. The molecule has 3 nitrogen and oxygen atoms in total. The highest BCUT2D eigenvalue weighted by molar-refractivity contribution is 9.10. The van der Waals surface area contributed by atoms with Crippen LogP contribution >= 0.6 is 15.9 Å². The third-order valence-corrected chi connectivity index (χ3v) is 3.04. The summed E-state index contributed by atoms with van der Waals surface area (Å²) in [6.45, 7) is 2.29. The van der Waals surface area contributed by atoms with Crippen molar-refractivity contribution in [1.82, 2.24) is 0 Å². The minimum Gasteiger partial charge on any atom is -0.394 e. The van der Waals surface area contributed by atoms with Gasteiger partial charge < -0.3 is 14.6 Å². The smallest absolute Gasteiger partial charge is 0.192 e. The fraction of sp³-hybridized carbons (Fsp3) is 0.455. The Balaban J connectivity index is 2.20. The summed E-state index contributed by atoms with van der Waals surface area (Å²) in [7, 11) is 0. The Bertz CT molecular complexity index is 338. The van der Waals surface area contributed by atoms with Crippen LogP contribution in [-0.4, -0.2) is 24.4 Å². The molecule has 0 aliphatic carbocycles. The second-order valence-corrected chi connectivity index (χ2v) is 4.60. The molecule has 1 heterocycles. The van der Waals surface area contributed by atoms with Crippen LogP contribution in [0.2, 0.25) is 0 Å². The maximum absolute atomic E-state index is 8.98. The summed E-state index contributed by atoms with van der Waals surface area (Å²) < 4.78 is 12.2. The topological polar surface area (TPSA) is 38.7 Å². The van der Waals surface area contributed by atoms with Crippen molar-refractivity contribution < 1.29 is 14.6 Å². The SMILES string of the molecule is C[C@@]1(c2ccc(Br)cc2)OC[C@@H](CO)O1. The predicted molar refractivity (Wildman–Crippen MR) is 59.4 cm³/mol. The molecule has 1 N–H and O–H groups in total. The van der Waals surface area contributed by atoms with Crippen molar-refractivity contribution in [3.8, 4) is 0 Å².